The number of benzene rings is 1. The first-order valence-electron chi connectivity index (χ1n) is 6.20. The third kappa shape index (κ3) is 3.52. The third-order valence-corrected chi connectivity index (χ3v) is 3.13. The standard InChI is InChI=1S/C13H13F3N2O3/c14-13(15,16)7-17-6-11(19)18-9-4-2-1-3-8(9)5-10(18)12(20)21/h1-4,10,17H,5-7H2,(H,20,21)/t10-/m0/s1. The van der Waals surface area contributed by atoms with Crippen LogP contribution in [0, 0.1) is 0 Å². The van der Waals surface area contributed by atoms with Crippen LogP contribution in [0.5, 0.6) is 0 Å². The quantitative estimate of drug-likeness (QED) is 0.876. The molecule has 21 heavy (non-hydrogen) atoms. The smallest absolute Gasteiger partial charge is 0.401 e. The first-order chi connectivity index (χ1) is 9.79. The van der Waals surface area contributed by atoms with Crippen molar-refractivity contribution in [3.63, 3.8) is 0 Å². The number of halogens is 3. The fraction of sp³-hybridized carbons (Fsp3) is 0.385. The lowest BCUT2D eigenvalue weighted by Crippen LogP contribution is -2.47. The van der Waals surface area contributed by atoms with E-state index in [-0.39, 0.29) is 6.42 Å². The van der Waals surface area contributed by atoms with E-state index in [1.165, 1.54) is 0 Å². The maximum absolute atomic E-state index is 12.0. The summed E-state index contributed by atoms with van der Waals surface area (Å²) in [6, 6.07) is 5.56. The van der Waals surface area contributed by atoms with Crippen molar-refractivity contribution in [1.29, 1.82) is 0 Å². The molecule has 1 aromatic rings. The molecule has 0 spiro atoms. The van der Waals surface area contributed by atoms with E-state index in [2.05, 4.69) is 0 Å². The van der Waals surface area contributed by atoms with Crippen molar-refractivity contribution in [2.75, 3.05) is 18.0 Å². The van der Waals surface area contributed by atoms with Crippen molar-refractivity contribution in [3.8, 4) is 0 Å². The lowest BCUT2D eigenvalue weighted by molar-refractivity contribution is -0.140. The maximum atomic E-state index is 12.0. The molecule has 2 N–H and O–H groups in total. The van der Waals surface area contributed by atoms with Crippen molar-refractivity contribution >= 4 is 17.6 Å². The Morgan fingerprint density at radius 1 is 1.33 bits per heavy atom. The van der Waals surface area contributed by atoms with Gasteiger partial charge in [-0.25, -0.2) is 4.79 Å². The number of nitrogens with zero attached hydrogens (tertiary/aromatic N) is 1. The molecular formula is C13H13F3N2O3. The molecule has 0 unspecified atom stereocenters. The van der Waals surface area contributed by atoms with Crippen LogP contribution in [0.1, 0.15) is 5.56 Å². The van der Waals surface area contributed by atoms with Gasteiger partial charge in [-0.15, -0.1) is 0 Å². The molecule has 2 rings (SSSR count). The van der Waals surface area contributed by atoms with E-state index in [9.17, 15) is 22.8 Å². The van der Waals surface area contributed by atoms with E-state index in [0.29, 0.717) is 11.3 Å². The Morgan fingerprint density at radius 3 is 2.62 bits per heavy atom. The van der Waals surface area contributed by atoms with Gasteiger partial charge in [-0.05, 0) is 11.6 Å². The van der Waals surface area contributed by atoms with Crippen LogP contribution in [0.2, 0.25) is 0 Å². The summed E-state index contributed by atoms with van der Waals surface area (Å²) in [6.07, 6.45) is -4.27. The lowest BCUT2D eigenvalue weighted by Gasteiger charge is -2.23. The minimum Gasteiger partial charge on any atom is -0.480 e. The van der Waals surface area contributed by atoms with Gasteiger partial charge in [0.1, 0.15) is 6.04 Å². The van der Waals surface area contributed by atoms with Crippen molar-refractivity contribution < 1.29 is 27.9 Å². The zero-order chi connectivity index (χ0) is 15.6. The number of aliphatic carboxylic acids is 1. The molecule has 0 aromatic heterocycles. The van der Waals surface area contributed by atoms with Crippen LogP contribution in [0.25, 0.3) is 0 Å². The number of hydrogen-bond acceptors (Lipinski definition) is 3. The molecule has 1 aromatic carbocycles. The van der Waals surface area contributed by atoms with E-state index in [1.54, 1.807) is 24.3 Å². The number of carboxylic acids is 1. The topological polar surface area (TPSA) is 69.6 Å². The monoisotopic (exact) mass is 302 g/mol. The Labute approximate surface area is 118 Å². The van der Waals surface area contributed by atoms with Crippen LogP contribution < -0.4 is 10.2 Å². The zero-order valence-corrected chi connectivity index (χ0v) is 10.9. The number of hydrogen-bond donors (Lipinski definition) is 2. The van der Waals surface area contributed by atoms with E-state index >= 15 is 0 Å². The summed E-state index contributed by atoms with van der Waals surface area (Å²) >= 11 is 0. The van der Waals surface area contributed by atoms with Crippen LogP contribution >= 0.6 is 0 Å². The molecule has 1 aliphatic rings. The molecular weight excluding hydrogens is 289 g/mol. The van der Waals surface area contributed by atoms with Gasteiger partial charge in [0, 0.05) is 12.1 Å². The van der Waals surface area contributed by atoms with Crippen LogP contribution in [0.3, 0.4) is 0 Å². The molecule has 0 saturated carbocycles. The fourth-order valence-corrected chi connectivity index (χ4v) is 2.29. The molecule has 0 bridgehead atoms. The highest BCUT2D eigenvalue weighted by molar-refractivity contribution is 6.02. The van der Waals surface area contributed by atoms with Crippen molar-refractivity contribution in [2.45, 2.75) is 18.6 Å². The van der Waals surface area contributed by atoms with Gasteiger partial charge in [0.2, 0.25) is 5.91 Å². The van der Waals surface area contributed by atoms with Crippen molar-refractivity contribution in [3.05, 3.63) is 29.8 Å². The maximum Gasteiger partial charge on any atom is 0.401 e. The number of anilines is 1. The predicted molar refractivity (Wildman–Crippen MR) is 68.0 cm³/mol. The molecule has 0 fully saturated rings. The largest absolute Gasteiger partial charge is 0.480 e. The first kappa shape index (κ1) is 15.3. The van der Waals surface area contributed by atoms with Gasteiger partial charge in [-0.1, -0.05) is 18.2 Å². The summed E-state index contributed by atoms with van der Waals surface area (Å²) < 4.78 is 36.1. The number of amides is 1. The average Bonchev–Trinajstić information content (AvgIpc) is 2.76. The summed E-state index contributed by atoms with van der Waals surface area (Å²) in [5.74, 6) is -1.88. The van der Waals surface area contributed by atoms with E-state index < -0.39 is 37.2 Å². The average molecular weight is 302 g/mol. The molecule has 0 aliphatic carbocycles. The van der Waals surface area contributed by atoms with E-state index in [1.807, 2.05) is 5.32 Å². The Morgan fingerprint density at radius 2 is 2.00 bits per heavy atom. The summed E-state index contributed by atoms with van der Waals surface area (Å²) in [5, 5.41) is 11.1. The zero-order valence-electron chi connectivity index (χ0n) is 10.9. The molecule has 1 atom stereocenters. The number of para-hydroxylation sites is 1. The summed E-state index contributed by atoms with van der Waals surface area (Å²) in [7, 11) is 0. The molecule has 1 aliphatic heterocycles. The second-order valence-corrected chi connectivity index (χ2v) is 4.67. The van der Waals surface area contributed by atoms with Gasteiger partial charge in [0.15, 0.2) is 0 Å². The minimum atomic E-state index is -4.42. The molecule has 1 amide bonds. The second kappa shape index (κ2) is 5.72. The second-order valence-electron chi connectivity index (χ2n) is 4.67. The van der Waals surface area contributed by atoms with Gasteiger partial charge in [-0.2, -0.15) is 13.2 Å². The number of nitrogens with one attached hydrogen (secondary N) is 1. The number of carbonyl (C=O) groups is 2. The highest BCUT2D eigenvalue weighted by Gasteiger charge is 2.38. The summed E-state index contributed by atoms with van der Waals surface area (Å²) in [4.78, 5) is 24.3. The van der Waals surface area contributed by atoms with Gasteiger partial charge in [0.25, 0.3) is 0 Å². The van der Waals surface area contributed by atoms with Crippen LogP contribution in [0.4, 0.5) is 18.9 Å². The third-order valence-electron chi connectivity index (χ3n) is 3.13. The van der Waals surface area contributed by atoms with Gasteiger partial charge >= 0.3 is 12.1 Å². The predicted octanol–water partition coefficient (Wildman–Crippen LogP) is 1.18. The summed E-state index contributed by atoms with van der Waals surface area (Å²) in [5.41, 5.74) is 1.12. The molecule has 1 heterocycles. The van der Waals surface area contributed by atoms with Gasteiger partial charge < -0.3 is 10.4 Å². The Hall–Kier alpha value is -2.09. The SMILES string of the molecule is O=C(O)[C@@H]1Cc2ccccc2N1C(=O)CNCC(F)(F)F. The molecule has 5 nitrogen and oxygen atoms in total. The Bertz CT molecular complexity index is 560. The lowest BCUT2D eigenvalue weighted by atomic mass is 10.1. The Balaban J connectivity index is 2.11. The highest BCUT2D eigenvalue weighted by atomic mass is 19.4. The number of fused-ring (bicyclic) bond motifs is 1. The number of rotatable bonds is 4. The minimum absolute atomic E-state index is 0.149. The molecule has 114 valence electrons. The first-order valence-corrected chi connectivity index (χ1v) is 6.20. The van der Waals surface area contributed by atoms with Crippen LogP contribution in [-0.2, 0) is 16.0 Å². The number of carbonyl (C=O) groups excluding carboxylic acids is 1. The van der Waals surface area contributed by atoms with Crippen LogP contribution in [-0.4, -0.2) is 42.3 Å². The van der Waals surface area contributed by atoms with Crippen molar-refractivity contribution in [1.82, 2.24) is 5.32 Å². The van der Waals surface area contributed by atoms with Crippen molar-refractivity contribution in [2.24, 2.45) is 0 Å². The number of carboxylic acid groups (broad SMARTS) is 1. The molecule has 0 saturated heterocycles. The molecule has 0 radical (unpaired) electrons. The normalized spacial score (nSPS) is 17.7. The van der Waals surface area contributed by atoms with E-state index in [4.69, 9.17) is 5.11 Å². The van der Waals surface area contributed by atoms with Gasteiger partial charge in [-0.3, -0.25) is 9.69 Å². The van der Waals surface area contributed by atoms with E-state index in [0.717, 1.165) is 4.90 Å². The highest BCUT2D eigenvalue weighted by Crippen LogP contribution is 2.32. The fourth-order valence-electron chi connectivity index (χ4n) is 2.29. The van der Waals surface area contributed by atoms with Crippen LogP contribution in [0.15, 0.2) is 24.3 Å². The molecule has 8 heteroatoms. The number of alkyl halides is 3. The van der Waals surface area contributed by atoms with Gasteiger partial charge in [0.05, 0.1) is 13.1 Å². The Kier molecular flexibility index (Phi) is 4.17. The summed E-state index contributed by atoms with van der Waals surface area (Å²) in [6.45, 7) is -1.87.